The number of rotatable bonds is 6. The smallest absolute Gasteiger partial charge is 0.224 e. The van der Waals surface area contributed by atoms with Gasteiger partial charge in [0, 0.05) is 17.7 Å². The molecule has 98 valence electrons. The van der Waals surface area contributed by atoms with Gasteiger partial charge in [-0.05, 0) is 31.5 Å². The van der Waals surface area contributed by atoms with Crippen LogP contribution in [-0.4, -0.2) is 25.3 Å². The summed E-state index contributed by atoms with van der Waals surface area (Å²) in [5.41, 5.74) is 1.33. The van der Waals surface area contributed by atoms with Gasteiger partial charge in [-0.15, -0.1) is 0 Å². The van der Waals surface area contributed by atoms with Crippen molar-refractivity contribution in [3.8, 4) is 5.75 Å². The quantitative estimate of drug-likeness (QED) is 0.784. The van der Waals surface area contributed by atoms with Gasteiger partial charge in [-0.3, -0.25) is 9.59 Å². The minimum Gasteiger partial charge on any atom is -0.496 e. The first kappa shape index (κ1) is 14.2. The number of carbonyl (C=O) groups is 2. The van der Waals surface area contributed by atoms with Crippen LogP contribution in [0.5, 0.6) is 5.75 Å². The van der Waals surface area contributed by atoms with Gasteiger partial charge in [-0.1, -0.05) is 6.92 Å². The average molecular weight is 249 g/mol. The molecule has 0 bridgehead atoms. The van der Waals surface area contributed by atoms with Gasteiger partial charge < -0.3 is 10.1 Å². The summed E-state index contributed by atoms with van der Waals surface area (Å²) in [5.74, 6) is 0.551. The van der Waals surface area contributed by atoms with E-state index in [-0.39, 0.29) is 18.1 Å². The van der Waals surface area contributed by atoms with Crippen LogP contribution >= 0.6 is 0 Å². The highest BCUT2D eigenvalue weighted by Gasteiger charge is 2.10. The fourth-order valence-electron chi connectivity index (χ4n) is 1.64. The van der Waals surface area contributed by atoms with Crippen molar-refractivity contribution in [3.05, 3.63) is 29.3 Å². The first-order valence-electron chi connectivity index (χ1n) is 6.03. The molecule has 0 aliphatic rings. The van der Waals surface area contributed by atoms with Crippen LogP contribution in [0.15, 0.2) is 18.2 Å². The van der Waals surface area contributed by atoms with E-state index in [4.69, 9.17) is 4.74 Å². The number of amides is 1. The third-order valence-corrected chi connectivity index (χ3v) is 2.61. The largest absolute Gasteiger partial charge is 0.496 e. The van der Waals surface area contributed by atoms with Crippen LogP contribution < -0.4 is 10.1 Å². The van der Waals surface area contributed by atoms with Crippen molar-refractivity contribution in [1.29, 1.82) is 0 Å². The number of ether oxygens (including phenoxy) is 1. The van der Waals surface area contributed by atoms with Gasteiger partial charge in [0.05, 0.1) is 13.5 Å². The summed E-state index contributed by atoms with van der Waals surface area (Å²) in [5, 5.41) is 2.80. The molecule has 0 radical (unpaired) electrons. The molecule has 1 aromatic rings. The van der Waals surface area contributed by atoms with Crippen molar-refractivity contribution in [3.63, 3.8) is 0 Å². The Morgan fingerprint density at radius 1 is 1.33 bits per heavy atom. The van der Waals surface area contributed by atoms with Crippen molar-refractivity contribution in [2.75, 3.05) is 13.7 Å². The van der Waals surface area contributed by atoms with Crippen LogP contribution in [0.25, 0.3) is 0 Å². The Hall–Kier alpha value is -1.84. The summed E-state index contributed by atoms with van der Waals surface area (Å²) < 4.78 is 5.19. The van der Waals surface area contributed by atoms with Gasteiger partial charge in [0.15, 0.2) is 5.78 Å². The van der Waals surface area contributed by atoms with E-state index in [0.29, 0.717) is 17.9 Å². The van der Waals surface area contributed by atoms with Crippen molar-refractivity contribution >= 4 is 11.7 Å². The van der Waals surface area contributed by atoms with Crippen LogP contribution in [0, 0.1) is 0 Å². The highest BCUT2D eigenvalue weighted by molar-refractivity contribution is 5.94. The minimum absolute atomic E-state index is 0.0205. The first-order valence-corrected chi connectivity index (χ1v) is 6.03. The van der Waals surface area contributed by atoms with E-state index >= 15 is 0 Å². The molecule has 1 rings (SSSR count). The lowest BCUT2D eigenvalue weighted by molar-refractivity contribution is -0.120. The van der Waals surface area contributed by atoms with Crippen molar-refractivity contribution in [2.45, 2.75) is 26.7 Å². The second-order valence-corrected chi connectivity index (χ2v) is 4.11. The van der Waals surface area contributed by atoms with E-state index in [1.54, 1.807) is 25.3 Å². The Balaban J connectivity index is 2.87. The van der Waals surface area contributed by atoms with E-state index in [9.17, 15) is 9.59 Å². The summed E-state index contributed by atoms with van der Waals surface area (Å²) in [7, 11) is 1.55. The molecule has 1 N–H and O–H groups in total. The lowest BCUT2D eigenvalue weighted by Gasteiger charge is -2.10. The molecule has 1 aromatic carbocycles. The standard InChI is InChI=1S/C14H19NO3/c1-4-7-15-14(17)9-12-8-11(10(2)16)5-6-13(12)18-3/h5-6,8H,4,7,9H2,1-3H3,(H,15,17). The SMILES string of the molecule is CCCNC(=O)Cc1cc(C(C)=O)ccc1OC. The maximum Gasteiger partial charge on any atom is 0.224 e. The van der Waals surface area contributed by atoms with Crippen molar-refractivity contribution < 1.29 is 14.3 Å². The van der Waals surface area contributed by atoms with E-state index in [1.165, 1.54) is 6.92 Å². The zero-order valence-electron chi connectivity index (χ0n) is 11.1. The lowest BCUT2D eigenvalue weighted by Crippen LogP contribution is -2.25. The highest BCUT2D eigenvalue weighted by Crippen LogP contribution is 2.20. The van der Waals surface area contributed by atoms with Crippen LogP contribution in [0.1, 0.15) is 36.2 Å². The van der Waals surface area contributed by atoms with Gasteiger partial charge in [0.2, 0.25) is 5.91 Å². The van der Waals surface area contributed by atoms with Gasteiger partial charge in [0.1, 0.15) is 5.75 Å². The molecule has 0 aromatic heterocycles. The molecule has 18 heavy (non-hydrogen) atoms. The third kappa shape index (κ3) is 3.87. The van der Waals surface area contributed by atoms with E-state index in [0.717, 1.165) is 12.0 Å². The number of ketones is 1. The summed E-state index contributed by atoms with van der Waals surface area (Å²) in [4.78, 5) is 23.0. The van der Waals surface area contributed by atoms with E-state index in [1.807, 2.05) is 6.92 Å². The minimum atomic E-state index is -0.0594. The first-order chi connectivity index (χ1) is 8.58. The Bertz CT molecular complexity index is 441. The molecule has 0 spiro atoms. The molecular formula is C14H19NO3. The van der Waals surface area contributed by atoms with Crippen LogP contribution in [0.3, 0.4) is 0 Å². The van der Waals surface area contributed by atoms with Gasteiger partial charge >= 0.3 is 0 Å². The lowest BCUT2D eigenvalue weighted by atomic mass is 10.0. The van der Waals surface area contributed by atoms with Crippen LogP contribution in [-0.2, 0) is 11.2 Å². The second-order valence-electron chi connectivity index (χ2n) is 4.11. The van der Waals surface area contributed by atoms with Gasteiger partial charge in [-0.25, -0.2) is 0 Å². The number of hydrogen-bond acceptors (Lipinski definition) is 3. The molecule has 0 fully saturated rings. The predicted molar refractivity (Wildman–Crippen MR) is 70.0 cm³/mol. The van der Waals surface area contributed by atoms with Crippen LogP contribution in [0.4, 0.5) is 0 Å². The molecule has 0 atom stereocenters. The molecule has 4 nitrogen and oxygen atoms in total. The normalized spacial score (nSPS) is 9.94. The fourth-order valence-corrected chi connectivity index (χ4v) is 1.64. The predicted octanol–water partition coefficient (Wildman–Crippen LogP) is 1.97. The van der Waals surface area contributed by atoms with Crippen molar-refractivity contribution in [2.24, 2.45) is 0 Å². The van der Waals surface area contributed by atoms with Gasteiger partial charge in [-0.2, -0.15) is 0 Å². The van der Waals surface area contributed by atoms with E-state index in [2.05, 4.69) is 5.32 Å². The number of Topliss-reactive ketones (excluding diaryl/α,β-unsaturated/α-hetero) is 1. The van der Waals surface area contributed by atoms with Crippen molar-refractivity contribution in [1.82, 2.24) is 5.32 Å². The molecule has 0 saturated heterocycles. The molecule has 4 heteroatoms. The Kier molecular flexibility index (Phi) is 5.36. The molecular weight excluding hydrogens is 230 g/mol. The molecule has 0 saturated carbocycles. The number of methoxy groups -OCH3 is 1. The maximum absolute atomic E-state index is 11.7. The Morgan fingerprint density at radius 3 is 2.61 bits per heavy atom. The maximum atomic E-state index is 11.7. The highest BCUT2D eigenvalue weighted by atomic mass is 16.5. The fraction of sp³-hybridized carbons (Fsp3) is 0.429. The Morgan fingerprint density at radius 2 is 2.06 bits per heavy atom. The summed E-state index contributed by atoms with van der Waals surface area (Å²) in [6.45, 7) is 4.16. The molecule has 0 aliphatic carbocycles. The number of benzene rings is 1. The van der Waals surface area contributed by atoms with Gasteiger partial charge in [0.25, 0.3) is 0 Å². The molecule has 0 heterocycles. The topological polar surface area (TPSA) is 55.4 Å². The molecule has 0 unspecified atom stereocenters. The average Bonchev–Trinajstić information content (AvgIpc) is 2.36. The summed E-state index contributed by atoms with van der Waals surface area (Å²) in [6.07, 6.45) is 1.13. The number of nitrogens with one attached hydrogen (secondary N) is 1. The zero-order valence-corrected chi connectivity index (χ0v) is 11.1. The molecule has 0 aliphatic heterocycles. The molecule has 1 amide bonds. The third-order valence-electron chi connectivity index (χ3n) is 2.61. The second kappa shape index (κ2) is 6.79. The summed E-state index contributed by atoms with van der Waals surface area (Å²) in [6, 6.07) is 5.14. The van der Waals surface area contributed by atoms with Crippen LogP contribution in [0.2, 0.25) is 0 Å². The number of carbonyl (C=O) groups excluding carboxylic acids is 2. The monoisotopic (exact) mass is 249 g/mol. The summed E-state index contributed by atoms with van der Waals surface area (Å²) >= 11 is 0. The Labute approximate surface area is 107 Å². The zero-order chi connectivity index (χ0) is 13.5. The van der Waals surface area contributed by atoms with E-state index < -0.39 is 0 Å². The number of hydrogen-bond donors (Lipinski definition) is 1.